The fourth-order valence-corrected chi connectivity index (χ4v) is 2.51. The van der Waals surface area contributed by atoms with Crippen LogP contribution in [-0.4, -0.2) is 23.1 Å². The van der Waals surface area contributed by atoms with Crippen LogP contribution in [0.3, 0.4) is 0 Å². The minimum atomic E-state index is 0.359. The van der Waals surface area contributed by atoms with Crippen LogP contribution in [0.15, 0.2) is 6.33 Å². The Morgan fingerprint density at radius 3 is 2.35 bits per heavy atom. The van der Waals surface area contributed by atoms with Gasteiger partial charge in [-0.2, -0.15) is 0 Å². The van der Waals surface area contributed by atoms with Gasteiger partial charge in [-0.15, -0.1) is 0 Å². The molecule has 0 saturated carbocycles. The van der Waals surface area contributed by atoms with E-state index in [4.69, 9.17) is 5.73 Å². The Kier molecular flexibility index (Phi) is 3.22. The highest BCUT2D eigenvalue weighted by Crippen LogP contribution is 2.33. The molecule has 1 aromatic rings. The molecule has 2 N–H and O–H groups in total. The second-order valence-electron chi connectivity index (χ2n) is 5.51. The summed E-state index contributed by atoms with van der Waals surface area (Å²) < 4.78 is 0. The van der Waals surface area contributed by atoms with Crippen molar-refractivity contribution in [1.82, 2.24) is 9.97 Å². The topological polar surface area (TPSA) is 55.0 Å². The zero-order valence-electron chi connectivity index (χ0n) is 11.1. The van der Waals surface area contributed by atoms with E-state index >= 15 is 0 Å². The maximum Gasteiger partial charge on any atom is 0.137 e. The van der Waals surface area contributed by atoms with Crippen molar-refractivity contribution in [1.29, 1.82) is 0 Å². The van der Waals surface area contributed by atoms with E-state index in [9.17, 15) is 0 Å². The molecule has 2 rings (SSSR count). The summed E-state index contributed by atoms with van der Waals surface area (Å²) >= 11 is 0. The number of hydrogen-bond acceptors (Lipinski definition) is 4. The van der Waals surface area contributed by atoms with E-state index in [-0.39, 0.29) is 0 Å². The van der Waals surface area contributed by atoms with Crippen molar-refractivity contribution in [3.05, 3.63) is 11.9 Å². The fraction of sp³-hybridized carbons (Fsp3) is 0.692. The summed E-state index contributed by atoms with van der Waals surface area (Å²) in [6.07, 6.45) is 1.57. The van der Waals surface area contributed by atoms with Crippen LogP contribution < -0.4 is 10.6 Å². The van der Waals surface area contributed by atoms with E-state index in [1.807, 2.05) is 0 Å². The lowest BCUT2D eigenvalue weighted by molar-refractivity contribution is 0.494. The van der Waals surface area contributed by atoms with Gasteiger partial charge in [0.05, 0.1) is 0 Å². The Bertz CT molecular complexity index is 392. The molecular weight excluding hydrogens is 212 g/mol. The summed E-state index contributed by atoms with van der Waals surface area (Å²) in [5, 5.41) is 0. The van der Waals surface area contributed by atoms with Crippen LogP contribution in [0.25, 0.3) is 0 Å². The van der Waals surface area contributed by atoms with Gasteiger partial charge in [0.2, 0.25) is 0 Å². The summed E-state index contributed by atoms with van der Waals surface area (Å²) in [5.41, 5.74) is 7.07. The highest BCUT2D eigenvalue weighted by Gasteiger charge is 2.29. The lowest BCUT2D eigenvalue weighted by Gasteiger charge is -2.22. The minimum Gasteiger partial charge on any atom is -0.383 e. The fourth-order valence-electron chi connectivity index (χ4n) is 2.51. The predicted octanol–water partition coefficient (Wildman–Crippen LogP) is 2.27. The van der Waals surface area contributed by atoms with E-state index in [2.05, 4.69) is 42.6 Å². The average molecular weight is 234 g/mol. The van der Waals surface area contributed by atoms with Crippen LogP contribution in [0.1, 0.15) is 39.2 Å². The van der Waals surface area contributed by atoms with Crippen molar-refractivity contribution in [2.24, 2.45) is 11.8 Å². The predicted molar refractivity (Wildman–Crippen MR) is 71.1 cm³/mol. The van der Waals surface area contributed by atoms with Crippen molar-refractivity contribution in [3.8, 4) is 0 Å². The zero-order valence-corrected chi connectivity index (χ0v) is 11.1. The summed E-state index contributed by atoms with van der Waals surface area (Å²) in [6, 6.07) is 0. The quantitative estimate of drug-likeness (QED) is 0.853. The molecular formula is C13H22N4. The Balaban J connectivity index is 2.36. The van der Waals surface area contributed by atoms with Crippen LogP contribution in [0.5, 0.6) is 0 Å². The first kappa shape index (κ1) is 12.1. The van der Waals surface area contributed by atoms with Crippen LogP contribution in [-0.2, 0) is 0 Å². The van der Waals surface area contributed by atoms with E-state index in [1.165, 1.54) is 0 Å². The number of nitrogens with zero attached hydrogens (tertiary/aromatic N) is 3. The summed E-state index contributed by atoms with van der Waals surface area (Å²) in [6.45, 7) is 11.0. The average Bonchev–Trinajstić information content (AvgIpc) is 2.58. The molecule has 2 atom stereocenters. The molecule has 0 radical (unpaired) electrons. The molecule has 4 nitrogen and oxygen atoms in total. The summed E-state index contributed by atoms with van der Waals surface area (Å²) in [7, 11) is 0. The number of anilines is 2. The van der Waals surface area contributed by atoms with Gasteiger partial charge in [-0.3, -0.25) is 0 Å². The molecule has 1 aliphatic rings. The summed E-state index contributed by atoms with van der Waals surface area (Å²) in [5.74, 6) is 3.44. The van der Waals surface area contributed by atoms with Gasteiger partial charge in [-0.1, -0.05) is 27.7 Å². The van der Waals surface area contributed by atoms with Gasteiger partial charge < -0.3 is 10.6 Å². The Labute approximate surface area is 103 Å². The third kappa shape index (κ3) is 2.21. The molecule has 1 aliphatic heterocycles. The van der Waals surface area contributed by atoms with E-state index < -0.39 is 0 Å². The first-order chi connectivity index (χ1) is 8.00. The van der Waals surface area contributed by atoms with Crippen LogP contribution >= 0.6 is 0 Å². The number of hydrogen-bond donors (Lipinski definition) is 1. The first-order valence-electron chi connectivity index (χ1n) is 6.36. The maximum atomic E-state index is 5.98. The number of nitrogens with two attached hydrogens (primary N) is 1. The zero-order chi connectivity index (χ0) is 12.6. The molecule has 17 heavy (non-hydrogen) atoms. The Hall–Kier alpha value is -1.32. The molecule has 94 valence electrons. The summed E-state index contributed by atoms with van der Waals surface area (Å²) in [4.78, 5) is 10.9. The molecule has 2 heterocycles. The van der Waals surface area contributed by atoms with E-state index in [0.29, 0.717) is 23.6 Å². The van der Waals surface area contributed by atoms with Gasteiger partial charge in [0.1, 0.15) is 18.0 Å². The van der Waals surface area contributed by atoms with Crippen molar-refractivity contribution in [2.75, 3.05) is 23.7 Å². The molecule has 4 heteroatoms. The number of aromatic nitrogens is 2. The van der Waals surface area contributed by atoms with E-state index in [0.717, 1.165) is 24.5 Å². The van der Waals surface area contributed by atoms with Crippen molar-refractivity contribution in [3.63, 3.8) is 0 Å². The monoisotopic (exact) mass is 234 g/mol. The normalized spacial score (nSPS) is 24.6. The molecule has 1 aromatic heterocycles. The molecule has 1 fully saturated rings. The van der Waals surface area contributed by atoms with E-state index in [1.54, 1.807) is 6.33 Å². The second kappa shape index (κ2) is 4.51. The highest BCUT2D eigenvalue weighted by molar-refractivity contribution is 5.58. The van der Waals surface area contributed by atoms with Crippen LogP contribution in [0.4, 0.5) is 11.6 Å². The van der Waals surface area contributed by atoms with Gasteiger partial charge in [-0.25, -0.2) is 9.97 Å². The van der Waals surface area contributed by atoms with Gasteiger partial charge in [-0.05, 0) is 17.8 Å². The first-order valence-corrected chi connectivity index (χ1v) is 6.36. The van der Waals surface area contributed by atoms with Gasteiger partial charge in [0, 0.05) is 18.7 Å². The smallest absolute Gasteiger partial charge is 0.137 e. The molecule has 0 spiro atoms. The molecule has 0 amide bonds. The molecule has 0 aliphatic carbocycles. The van der Waals surface area contributed by atoms with Gasteiger partial charge >= 0.3 is 0 Å². The van der Waals surface area contributed by atoms with Crippen LogP contribution in [0.2, 0.25) is 0 Å². The highest BCUT2D eigenvalue weighted by atomic mass is 15.2. The number of nitrogen functional groups attached to an aromatic ring is 1. The standard InChI is InChI=1S/C13H22N4/c1-8(2)11-12(14)15-7-16-13(11)17-5-9(3)10(4)6-17/h7-10H,5-6H2,1-4H3,(H2,14,15,16). The molecule has 0 aromatic carbocycles. The van der Waals surface area contributed by atoms with Gasteiger partial charge in [0.25, 0.3) is 0 Å². The third-order valence-electron chi connectivity index (χ3n) is 3.76. The largest absolute Gasteiger partial charge is 0.383 e. The van der Waals surface area contributed by atoms with Crippen molar-refractivity contribution in [2.45, 2.75) is 33.6 Å². The lowest BCUT2D eigenvalue weighted by atomic mass is 10.0. The Morgan fingerprint density at radius 2 is 1.82 bits per heavy atom. The third-order valence-corrected chi connectivity index (χ3v) is 3.76. The van der Waals surface area contributed by atoms with Gasteiger partial charge in [0.15, 0.2) is 0 Å². The van der Waals surface area contributed by atoms with Crippen LogP contribution in [0, 0.1) is 11.8 Å². The lowest BCUT2D eigenvalue weighted by Crippen LogP contribution is -2.23. The SMILES string of the molecule is CC(C)c1c(N)ncnc1N1CC(C)C(C)C1. The second-order valence-corrected chi connectivity index (χ2v) is 5.51. The van der Waals surface area contributed by atoms with Crippen molar-refractivity contribution >= 4 is 11.6 Å². The molecule has 2 unspecified atom stereocenters. The number of rotatable bonds is 2. The molecule has 1 saturated heterocycles. The Morgan fingerprint density at radius 1 is 1.24 bits per heavy atom. The molecule has 0 bridgehead atoms. The maximum absolute atomic E-state index is 5.98. The minimum absolute atomic E-state index is 0.359. The van der Waals surface area contributed by atoms with Crippen molar-refractivity contribution < 1.29 is 0 Å².